The molecule has 3 aromatic rings. The van der Waals surface area contributed by atoms with Gasteiger partial charge in [-0.05, 0) is 20.4 Å². The SMILES string of the molecule is Cc1sc2cnc(Nc3cnn(C)c3)nc2c1OCCCN1CCN(C)CC1. The van der Waals surface area contributed by atoms with Crippen LogP contribution in [-0.4, -0.2) is 75.9 Å². The molecule has 0 saturated carbocycles. The van der Waals surface area contributed by atoms with Crippen molar-refractivity contribution in [3.05, 3.63) is 23.5 Å². The minimum Gasteiger partial charge on any atom is -0.490 e. The fourth-order valence-electron chi connectivity index (χ4n) is 3.37. The molecule has 4 heterocycles. The van der Waals surface area contributed by atoms with Crippen molar-refractivity contribution < 1.29 is 4.74 Å². The van der Waals surface area contributed by atoms with Crippen molar-refractivity contribution in [2.24, 2.45) is 7.05 Å². The molecule has 150 valence electrons. The first kappa shape index (κ1) is 19.1. The van der Waals surface area contributed by atoms with Crippen LogP contribution in [0.4, 0.5) is 11.6 Å². The summed E-state index contributed by atoms with van der Waals surface area (Å²) in [6.45, 7) is 8.46. The van der Waals surface area contributed by atoms with Gasteiger partial charge in [-0.2, -0.15) is 5.10 Å². The van der Waals surface area contributed by atoms with E-state index in [2.05, 4.69) is 44.2 Å². The van der Waals surface area contributed by atoms with Gasteiger partial charge in [-0.3, -0.25) is 4.68 Å². The molecule has 0 radical (unpaired) electrons. The highest BCUT2D eigenvalue weighted by atomic mass is 32.1. The van der Waals surface area contributed by atoms with E-state index in [1.54, 1.807) is 22.2 Å². The van der Waals surface area contributed by atoms with Crippen LogP contribution in [0.5, 0.6) is 5.75 Å². The maximum absolute atomic E-state index is 6.15. The Labute approximate surface area is 169 Å². The molecule has 1 N–H and O–H groups in total. The maximum Gasteiger partial charge on any atom is 0.228 e. The van der Waals surface area contributed by atoms with Gasteiger partial charge >= 0.3 is 0 Å². The second kappa shape index (κ2) is 8.42. The van der Waals surface area contributed by atoms with Gasteiger partial charge in [0.2, 0.25) is 5.95 Å². The van der Waals surface area contributed by atoms with E-state index >= 15 is 0 Å². The van der Waals surface area contributed by atoms with Crippen LogP contribution in [0, 0.1) is 6.92 Å². The number of nitrogens with zero attached hydrogens (tertiary/aromatic N) is 6. The predicted octanol–water partition coefficient (Wildman–Crippen LogP) is 2.49. The molecule has 0 atom stereocenters. The van der Waals surface area contributed by atoms with E-state index in [0.29, 0.717) is 12.6 Å². The smallest absolute Gasteiger partial charge is 0.228 e. The molecule has 0 unspecified atom stereocenters. The van der Waals surface area contributed by atoms with E-state index in [-0.39, 0.29) is 0 Å². The zero-order valence-electron chi connectivity index (χ0n) is 16.7. The first-order chi connectivity index (χ1) is 13.6. The summed E-state index contributed by atoms with van der Waals surface area (Å²) < 4.78 is 8.94. The van der Waals surface area contributed by atoms with Crippen molar-refractivity contribution in [2.45, 2.75) is 13.3 Å². The molecule has 0 amide bonds. The Hall–Kier alpha value is -2.23. The van der Waals surface area contributed by atoms with E-state index in [1.807, 2.05) is 19.4 Å². The minimum absolute atomic E-state index is 0.556. The fraction of sp³-hybridized carbons (Fsp3) is 0.526. The molecule has 0 bridgehead atoms. The molecule has 9 heteroatoms. The quantitative estimate of drug-likeness (QED) is 0.610. The van der Waals surface area contributed by atoms with Crippen molar-refractivity contribution in [3.63, 3.8) is 0 Å². The number of piperazine rings is 1. The standard InChI is InChI=1S/C19H27N7OS/c1-14-18(27-10-4-5-26-8-6-24(2)7-9-26)17-16(28-14)12-20-19(23-17)22-15-11-21-25(3)13-15/h11-13H,4-10H2,1-3H3,(H,20,22,23). The van der Waals surface area contributed by atoms with Gasteiger partial charge in [0.1, 0.15) is 5.52 Å². The fourth-order valence-corrected chi connectivity index (χ4v) is 4.28. The molecule has 3 aromatic heterocycles. The third-order valence-corrected chi connectivity index (χ3v) is 5.99. The van der Waals surface area contributed by atoms with Gasteiger partial charge in [0.25, 0.3) is 0 Å². The monoisotopic (exact) mass is 401 g/mol. The number of hydrogen-bond donors (Lipinski definition) is 1. The molecular formula is C19H27N7OS. The van der Waals surface area contributed by atoms with E-state index < -0.39 is 0 Å². The van der Waals surface area contributed by atoms with E-state index in [0.717, 1.165) is 65.7 Å². The van der Waals surface area contributed by atoms with E-state index in [9.17, 15) is 0 Å². The predicted molar refractivity (Wildman–Crippen MR) is 113 cm³/mol. The topological polar surface area (TPSA) is 71.3 Å². The number of likely N-dealkylation sites (N-methyl/N-ethyl adjacent to an activating group) is 1. The summed E-state index contributed by atoms with van der Waals surface area (Å²) in [7, 11) is 4.07. The molecule has 8 nitrogen and oxygen atoms in total. The average Bonchev–Trinajstić information content (AvgIpc) is 3.22. The lowest BCUT2D eigenvalue weighted by Crippen LogP contribution is -2.44. The Bertz CT molecular complexity index is 930. The number of thiophene rings is 1. The van der Waals surface area contributed by atoms with Crippen LogP contribution in [0.15, 0.2) is 18.6 Å². The zero-order valence-corrected chi connectivity index (χ0v) is 17.5. The molecule has 0 aliphatic carbocycles. The van der Waals surface area contributed by atoms with Crippen molar-refractivity contribution in [2.75, 3.05) is 51.7 Å². The number of ether oxygens (including phenoxy) is 1. The van der Waals surface area contributed by atoms with Gasteiger partial charge in [-0.15, -0.1) is 11.3 Å². The summed E-state index contributed by atoms with van der Waals surface area (Å²) in [6.07, 6.45) is 6.52. The molecule has 1 saturated heterocycles. The lowest BCUT2D eigenvalue weighted by atomic mass is 10.3. The van der Waals surface area contributed by atoms with Gasteiger partial charge < -0.3 is 19.9 Å². The van der Waals surface area contributed by atoms with Crippen molar-refractivity contribution in [1.82, 2.24) is 29.5 Å². The molecule has 1 aliphatic heterocycles. The largest absolute Gasteiger partial charge is 0.490 e. The number of aromatic nitrogens is 4. The van der Waals surface area contributed by atoms with Gasteiger partial charge in [-0.25, -0.2) is 9.97 Å². The Morgan fingerprint density at radius 3 is 2.75 bits per heavy atom. The van der Waals surface area contributed by atoms with Crippen LogP contribution in [0.25, 0.3) is 10.2 Å². The average molecular weight is 402 g/mol. The molecule has 0 spiro atoms. The lowest BCUT2D eigenvalue weighted by molar-refractivity contribution is 0.145. The van der Waals surface area contributed by atoms with Crippen LogP contribution in [0.3, 0.4) is 0 Å². The molecular weight excluding hydrogens is 374 g/mol. The summed E-state index contributed by atoms with van der Waals surface area (Å²) in [4.78, 5) is 15.1. The molecule has 1 fully saturated rings. The molecule has 1 aliphatic rings. The first-order valence-electron chi connectivity index (χ1n) is 9.64. The highest BCUT2D eigenvalue weighted by molar-refractivity contribution is 7.19. The number of aryl methyl sites for hydroxylation is 2. The highest BCUT2D eigenvalue weighted by Gasteiger charge is 2.15. The number of nitrogens with one attached hydrogen (secondary N) is 1. The Kier molecular flexibility index (Phi) is 5.74. The molecule has 28 heavy (non-hydrogen) atoms. The summed E-state index contributed by atoms with van der Waals surface area (Å²) in [6, 6.07) is 0. The molecule has 0 aromatic carbocycles. The Balaban J connectivity index is 1.38. The normalized spacial score (nSPS) is 16.0. The van der Waals surface area contributed by atoms with Gasteiger partial charge in [0.15, 0.2) is 5.75 Å². The zero-order chi connectivity index (χ0) is 19.5. The summed E-state index contributed by atoms with van der Waals surface area (Å²) in [5.41, 5.74) is 1.74. The number of anilines is 2. The Morgan fingerprint density at radius 1 is 1.18 bits per heavy atom. The van der Waals surface area contributed by atoms with E-state index in [4.69, 9.17) is 4.74 Å². The first-order valence-corrected chi connectivity index (χ1v) is 10.5. The van der Waals surface area contributed by atoms with E-state index in [1.165, 1.54) is 0 Å². The molecule has 4 rings (SSSR count). The van der Waals surface area contributed by atoms with Crippen LogP contribution in [0.2, 0.25) is 0 Å². The van der Waals surface area contributed by atoms with Gasteiger partial charge in [0, 0.05) is 50.8 Å². The summed E-state index contributed by atoms with van der Waals surface area (Å²) in [5, 5.41) is 7.36. The number of hydrogen-bond acceptors (Lipinski definition) is 8. The van der Waals surface area contributed by atoms with Crippen LogP contribution >= 0.6 is 11.3 Å². The summed E-state index contributed by atoms with van der Waals surface area (Å²) >= 11 is 1.67. The van der Waals surface area contributed by atoms with Gasteiger partial charge in [-0.1, -0.05) is 0 Å². The lowest BCUT2D eigenvalue weighted by Gasteiger charge is -2.32. The minimum atomic E-state index is 0.556. The van der Waals surface area contributed by atoms with Crippen molar-refractivity contribution >= 4 is 33.2 Å². The summed E-state index contributed by atoms with van der Waals surface area (Å²) in [5.74, 6) is 1.44. The number of fused-ring (bicyclic) bond motifs is 1. The third-order valence-electron chi connectivity index (χ3n) is 4.98. The number of rotatable bonds is 7. The van der Waals surface area contributed by atoms with Crippen LogP contribution in [0.1, 0.15) is 11.3 Å². The van der Waals surface area contributed by atoms with Crippen LogP contribution in [-0.2, 0) is 7.05 Å². The van der Waals surface area contributed by atoms with Gasteiger partial charge in [0.05, 0.1) is 29.4 Å². The van der Waals surface area contributed by atoms with Crippen molar-refractivity contribution in [3.8, 4) is 5.75 Å². The van der Waals surface area contributed by atoms with Crippen LogP contribution < -0.4 is 10.1 Å². The highest BCUT2D eigenvalue weighted by Crippen LogP contribution is 2.36. The second-order valence-electron chi connectivity index (χ2n) is 7.27. The third kappa shape index (κ3) is 4.43. The Morgan fingerprint density at radius 2 is 2.00 bits per heavy atom. The van der Waals surface area contributed by atoms with Crippen molar-refractivity contribution in [1.29, 1.82) is 0 Å². The maximum atomic E-state index is 6.15. The second-order valence-corrected chi connectivity index (χ2v) is 8.52.